The van der Waals surface area contributed by atoms with Gasteiger partial charge in [-0.15, -0.1) is 0 Å². The largest absolute Gasteiger partial charge is 0.480 e. The summed E-state index contributed by atoms with van der Waals surface area (Å²) in [6.45, 7) is 4.02. The fraction of sp³-hybridized carbons (Fsp3) is 0.190. The van der Waals surface area contributed by atoms with E-state index in [9.17, 15) is 14.4 Å². The number of halogens is 1. The van der Waals surface area contributed by atoms with E-state index in [-0.39, 0.29) is 5.91 Å². The zero-order valence-corrected chi connectivity index (χ0v) is 16.7. The number of carbonyl (C=O) groups excluding carboxylic acids is 2. The number of nitrogens with zero attached hydrogens (tertiary/aromatic N) is 1. The summed E-state index contributed by atoms with van der Waals surface area (Å²) in [4.78, 5) is 35.4. The van der Waals surface area contributed by atoms with Gasteiger partial charge in [0.15, 0.2) is 0 Å². The van der Waals surface area contributed by atoms with Crippen molar-refractivity contribution in [3.63, 3.8) is 0 Å². The zero-order valence-electron chi connectivity index (χ0n) is 16.0. The molecule has 1 aromatic heterocycles. The lowest BCUT2D eigenvalue weighted by atomic mass is 10.1. The lowest BCUT2D eigenvalue weighted by Crippen LogP contribution is -2.29. The number of nitrogens with one attached hydrogen (secondary N) is 2. The molecule has 0 aliphatic heterocycles. The Hall–Kier alpha value is -3.32. The van der Waals surface area contributed by atoms with Crippen molar-refractivity contribution in [1.29, 1.82) is 0 Å². The molecule has 1 heterocycles. The molecule has 29 heavy (non-hydrogen) atoms. The first-order valence-electron chi connectivity index (χ1n) is 9.01. The van der Waals surface area contributed by atoms with E-state index in [1.54, 1.807) is 18.2 Å². The summed E-state index contributed by atoms with van der Waals surface area (Å²) in [5, 5.41) is 15.3. The minimum atomic E-state index is -1.12. The Morgan fingerprint density at radius 2 is 1.76 bits per heavy atom. The molecule has 0 fully saturated rings. The van der Waals surface area contributed by atoms with E-state index < -0.39 is 18.4 Å². The second-order valence-electron chi connectivity index (χ2n) is 6.49. The van der Waals surface area contributed by atoms with Gasteiger partial charge in [-0.25, -0.2) is 0 Å². The number of aromatic nitrogens is 1. The fourth-order valence-electron chi connectivity index (χ4n) is 3.27. The Morgan fingerprint density at radius 1 is 1.07 bits per heavy atom. The normalized spacial score (nSPS) is 10.7. The molecule has 8 heteroatoms. The molecule has 0 atom stereocenters. The Kier molecular flexibility index (Phi) is 5.89. The van der Waals surface area contributed by atoms with Crippen LogP contribution in [0, 0.1) is 6.92 Å². The third-order valence-corrected chi connectivity index (χ3v) is 4.85. The number of amides is 2. The molecule has 150 valence electrons. The molecule has 2 amide bonds. The summed E-state index contributed by atoms with van der Waals surface area (Å²) >= 11 is 6.11. The second kappa shape index (κ2) is 8.36. The topological polar surface area (TPSA) is 100 Å². The zero-order chi connectivity index (χ0) is 21.1. The monoisotopic (exact) mass is 413 g/mol. The molecule has 3 aromatic rings. The number of benzene rings is 2. The highest BCUT2D eigenvalue weighted by molar-refractivity contribution is 6.31. The smallest absolute Gasteiger partial charge is 0.322 e. The van der Waals surface area contributed by atoms with Crippen LogP contribution in [0.4, 0.5) is 5.69 Å². The number of carboxylic acids is 1. The van der Waals surface area contributed by atoms with Gasteiger partial charge >= 0.3 is 5.97 Å². The molecule has 0 bridgehead atoms. The fourth-order valence-corrected chi connectivity index (χ4v) is 3.44. The van der Waals surface area contributed by atoms with Gasteiger partial charge in [-0.1, -0.05) is 11.6 Å². The van der Waals surface area contributed by atoms with Gasteiger partial charge in [0.1, 0.15) is 12.2 Å². The number of rotatable bonds is 6. The average molecular weight is 414 g/mol. The van der Waals surface area contributed by atoms with Crippen LogP contribution in [0.25, 0.3) is 10.9 Å². The molecule has 0 spiro atoms. The van der Waals surface area contributed by atoms with Gasteiger partial charge in [0.25, 0.3) is 11.8 Å². The SMILES string of the molecule is CCn1c(C(=O)Nc2ccc(C(=O)NCC(=O)O)cc2)c(C)c2cc(Cl)ccc21. The molecule has 0 unspecified atom stereocenters. The number of hydrogen-bond donors (Lipinski definition) is 3. The van der Waals surface area contributed by atoms with Crippen LogP contribution in [0.5, 0.6) is 0 Å². The predicted molar refractivity (Wildman–Crippen MR) is 112 cm³/mol. The Balaban J connectivity index is 1.83. The molecule has 0 aliphatic rings. The molecule has 3 N–H and O–H groups in total. The maximum absolute atomic E-state index is 13.0. The molecule has 0 radical (unpaired) electrons. The number of aliphatic carboxylic acids is 1. The third-order valence-electron chi connectivity index (χ3n) is 4.61. The highest BCUT2D eigenvalue weighted by atomic mass is 35.5. The van der Waals surface area contributed by atoms with Gasteiger partial charge in [-0.05, 0) is 61.9 Å². The van der Waals surface area contributed by atoms with Gasteiger partial charge in [-0.3, -0.25) is 14.4 Å². The van der Waals surface area contributed by atoms with E-state index in [0.29, 0.717) is 28.5 Å². The molecule has 2 aromatic carbocycles. The summed E-state index contributed by atoms with van der Waals surface area (Å²) in [6.07, 6.45) is 0. The summed E-state index contributed by atoms with van der Waals surface area (Å²) < 4.78 is 1.93. The molecule has 7 nitrogen and oxygen atoms in total. The van der Waals surface area contributed by atoms with Crippen molar-refractivity contribution in [1.82, 2.24) is 9.88 Å². The van der Waals surface area contributed by atoms with Crippen molar-refractivity contribution < 1.29 is 19.5 Å². The number of carboxylic acid groups (broad SMARTS) is 1. The summed E-state index contributed by atoms with van der Waals surface area (Å²) in [5.74, 6) is -1.88. The van der Waals surface area contributed by atoms with Crippen LogP contribution < -0.4 is 10.6 Å². The van der Waals surface area contributed by atoms with E-state index in [1.807, 2.05) is 30.5 Å². The maximum Gasteiger partial charge on any atom is 0.322 e. The first kappa shape index (κ1) is 20.4. The molecule has 0 aliphatic carbocycles. The standard InChI is InChI=1S/C21H20ClN3O4/c1-3-25-17-9-6-14(22)10-16(17)12(2)19(25)21(29)24-15-7-4-13(5-8-15)20(28)23-11-18(26)27/h4-10H,3,11H2,1-2H3,(H,23,28)(H,24,29)(H,26,27). The minimum absolute atomic E-state index is 0.264. The first-order chi connectivity index (χ1) is 13.8. The van der Waals surface area contributed by atoms with Crippen LogP contribution >= 0.6 is 11.6 Å². The van der Waals surface area contributed by atoms with E-state index in [4.69, 9.17) is 16.7 Å². The quantitative estimate of drug-likeness (QED) is 0.573. The number of carbonyl (C=O) groups is 3. The minimum Gasteiger partial charge on any atom is -0.480 e. The van der Waals surface area contributed by atoms with Crippen LogP contribution in [-0.2, 0) is 11.3 Å². The maximum atomic E-state index is 13.0. The number of aryl methyl sites for hydroxylation is 2. The van der Waals surface area contributed by atoms with Crippen molar-refractivity contribution >= 4 is 46.0 Å². The summed E-state index contributed by atoms with van der Waals surface area (Å²) in [7, 11) is 0. The van der Waals surface area contributed by atoms with Crippen molar-refractivity contribution in [3.05, 3.63) is 64.3 Å². The highest BCUT2D eigenvalue weighted by Gasteiger charge is 2.20. The van der Waals surface area contributed by atoms with E-state index in [2.05, 4.69) is 10.6 Å². The lowest BCUT2D eigenvalue weighted by molar-refractivity contribution is -0.135. The number of fused-ring (bicyclic) bond motifs is 1. The van der Waals surface area contributed by atoms with Crippen LogP contribution in [0.1, 0.15) is 33.3 Å². The molecule has 0 saturated carbocycles. The van der Waals surface area contributed by atoms with E-state index >= 15 is 0 Å². The van der Waals surface area contributed by atoms with Crippen LogP contribution in [-0.4, -0.2) is 34.0 Å². The van der Waals surface area contributed by atoms with Crippen LogP contribution in [0.2, 0.25) is 5.02 Å². The van der Waals surface area contributed by atoms with Crippen molar-refractivity contribution in [2.24, 2.45) is 0 Å². The summed E-state index contributed by atoms with van der Waals surface area (Å²) in [6, 6.07) is 11.8. The van der Waals surface area contributed by atoms with Crippen LogP contribution in [0.3, 0.4) is 0 Å². The van der Waals surface area contributed by atoms with Gasteiger partial charge < -0.3 is 20.3 Å². The van der Waals surface area contributed by atoms with Gasteiger partial charge in [-0.2, -0.15) is 0 Å². The number of anilines is 1. The van der Waals surface area contributed by atoms with Crippen molar-refractivity contribution in [2.45, 2.75) is 20.4 Å². The molecular formula is C21H20ClN3O4. The van der Waals surface area contributed by atoms with Crippen LogP contribution in [0.15, 0.2) is 42.5 Å². The Labute approximate surface area is 172 Å². The first-order valence-corrected chi connectivity index (χ1v) is 9.39. The second-order valence-corrected chi connectivity index (χ2v) is 6.92. The van der Waals surface area contributed by atoms with E-state index in [0.717, 1.165) is 16.5 Å². The average Bonchev–Trinajstić information content (AvgIpc) is 2.98. The molecular weight excluding hydrogens is 394 g/mol. The van der Waals surface area contributed by atoms with E-state index in [1.165, 1.54) is 12.1 Å². The Morgan fingerprint density at radius 3 is 2.38 bits per heavy atom. The highest BCUT2D eigenvalue weighted by Crippen LogP contribution is 2.29. The Bertz CT molecular complexity index is 1100. The predicted octanol–water partition coefficient (Wildman–Crippen LogP) is 3.69. The number of hydrogen-bond acceptors (Lipinski definition) is 3. The molecule has 3 rings (SSSR count). The van der Waals surface area contributed by atoms with Gasteiger partial charge in [0.05, 0.1) is 0 Å². The third kappa shape index (κ3) is 4.25. The van der Waals surface area contributed by atoms with Crippen molar-refractivity contribution in [2.75, 3.05) is 11.9 Å². The lowest BCUT2D eigenvalue weighted by Gasteiger charge is -2.10. The molecule has 0 saturated heterocycles. The van der Waals surface area contributed by atoms with Crippen molar-refractivity contribution in [3.8, 4) is 0 Å². The van der Waals surface area contributed by atoms with Gasteiger partial charge in [0.2, 0.25) is 0 Å². The summed E-state index contributed by atoms with van der Waals surface area (Å²) in [5.41, 5.74) is 3.15. The van der Waals surface area contributed by atoms with Gasteiger partial charge in [0, 0.05) is 33.7 Å².